The number of nitrogens with one attached hydrogen (secondary N) is 1. The molecule has 1 aromatic rings. The van der Waals surface area contributed by atoms with Gasteiger partial charge in [0.2, 0.25) is 15.9 Å². The van der Waals surface area contributed by atoms with Gasteiger partial charge in [-0.15, -0.1) is 0 Å². The van der Waals surface area contributed by atoms with E-state index >= 15 is 0 Å². The molecule has 0 radical (unpaired) electrons. The van der Waals surface area contributed by atoms with Crippen molar-refractivity contribution in [1.29, 1.82) is 5.26 Å². The molecule has 9 nitrogen and oxygen atoms in total. The maximum atomic E-state index is 12.8. The van der Waals surface area contributed by atoms with E-state index in [-0.39, 0.29) is 28.9 Å². The van der Waals surface area contributed by atoms with Crippen LogP contribution in [0.2, 0.25) is 0 Å². The Bertz CT molecular complexity index is 976. The first-order valence-electron chi connectivity index (χ1n) is 12.0. The number of nitriles is 1. The number of aromatic nitrogens is 1. The summed E-state index contributed by atoms with van der Waals surface area (Å²) in [6, 6.07) is 5.39. The number of anilines is 1. The van der Waals surface area contributed by atoms with E-state index in [1.165, 1.54) is 6.20 Å². The van der Waals surface area contributed by atoms with Gasteiger partial charge >= 0.3 is 0 Å². The molecular weight excluding hydrogens is 440 g/mol. The second-order valence-corrected chi connectivity index (χ2v) is 11.5. The largest absolute Gasteiger partial charge is 0.356 e. The molecule has 1 atom stereocenters. The third-order valence-electron chi connectivity index (χ3n) is 7.25. The predicted octanol–water partition coefficient (Wildman–Crippen LogP) is 1.72. The molecule has 0 saturated carbocycles. The standard InChI is InChI=1S/C23H34N6O3S/c1-23(26-18-22(30)29-13-5-6-19(29)16-24)9-14-27(15-10-23)21-8-7-20(17-25-21)33(31,32)28-11-3-2-4-12-28/h7-8,17,19,26H,2-6,9-15,18H2,1H3/t19-/m0/s1. The Morgan fingerprint density at radius 1 is 1.15 bits per heavy atom. The quantitative estimate of drug-likeness (QED) is 0.668. The summed E-state index contributed by atoms with van der Waals surface area (Å²) in [6.45, 7) is 5.75. The second-order valence-electron chi connectivity index (χ2n) is 9.59. The third kappa shape index (κ3) is 5.31. The summed E-state index contributed by atoms with van der Waals surface area (Å²) < 4.78 is 27.2. The predicted molar refractivity (Wildman–Crippen MR) is 125 cm³/mol. The molecule has 0 spiro atoms. The highest BCUT2D eigenvalue weighted by molar-refractivity contribution is 7.89. The highest BCUT2D eigenvalue weighted by atomic mass is 32.2. The fraction of sp³-hybridized carbons (Fsp3) is 0.696. The van der Waals surface area contributed by atoms with E-state index in [0.29, 0.717) is 19.6 Å². The maximum Gasteiger partial charge on any atom is 0.244 e. The van der Waals surface area contributed by atoms with Gasteiger partial charge in [-0.2, -0.15) is 9.57 Å². The Kier molecular flexibility index (Phi) is 7.22. The molecule has 33 heavy (non-hydrogen) atoms. The number of hydrogen-bond acceptors (Lipinski definition) is 7. The number of likely N-dealkylation sites (tertiary alicyclic amines) is 1. The summed E-state index contributed by atoms with van der Waals surface area (Å²) in [5.74, 6) is 0.773. The van der Waals surface area contributed by atoms with Crippen LogP contribution >= 0.6 is 0 Å². The van der Waals surface area contributed by atoms with Crippen molar-refractivity contribution < 1.29 is 13.2 Å². The van der Waals surface area contributed by atoms with Crippen molar-refractivity contribution in [3.05, 3.63) is 18.3 Å². The second kappa shape index (κ2) is 9.95. The van der Waals surface area contributed by atoms with Gasteiger partial charge in [0.05, 0.1) is 12.6 Å². The van der Waals surface area contributed by atoms with Crippen LogP contribution in [0.3, 0.4) is 0 Å². The van der Waals surface area contributed by atoms with E-state index in [4.69, 9.17) is 0 Å². The van der Waals surface area contributed by atoms with Crippen LogP contribution in [-0.2, 0) is 14.8 Å². The molecule has 3 saturated heterocycles. The van der Waals surface area contributed by atoms with Crippen molar-refractivity contribution in [2.24, 2.45) is 0 Å². The number of sulfonamides is 1. The minimum Gasteiger partial charge on any atom is -0.356 e. The Labute approximate surface area is 196 Å². The molecule has 180 valence electrons. The van der Waals surface area contributed by atoms with Gasteiger partial charge < -0.3 is 15.1 Å². The van der Waals surface area contributed by atoms with Crippen LogP contribution in [0.4, 0.5) is 5.82 Å². The fourth-order valence-corrected chi connectivity index (χ4v) is 6.43. The number of nitrogens with zero attached hydrogens (tertiary/aromatic N) is 5. The Morgan fingerprint density at radius 2 is 1.88 bits per heavy atom. The number of pyridine rings is 1. The van der Waals surface area contributed by atoms with Crippen LogP contribution in [0.15, 0.2) is 23.2 Å². The Morgan fingerprint density at radius 3 is 2.52 bits per heavy atom. The summed E-state index contributed by atoms with van der Waals surface area (Å²) in [5.41, 5.74) is -0.161. The molecule has 1 amide bonds. The highest BCUT2D eigenvalue weighted by Crippen LogP contribution is 2.27. The summed E-state index contributed by atoms with van der Waals surface area (Å²) in [7, 11) is -3.47. The zero-order valence-electron chi connectivity index (χ0n) is 19.4. The number of rotatable bonds is 6. The number of piperidine rings is 2. The van der Waals surface area contributed by atoms with E-state index in [2.05, 4.69) is 28.2 Å². The smallest absolute Gasteiger partial charge is 0.244 e. The Hall–Kier alpha value is -2.22. The average molecular weight is 475 g/mol. The molecular formula is C23H34N6O3S. The number of carbonyl (C=O) groups is 1. The molecule has 4 rings (SSSR count). The van der Waals surface area contributed by atoms with E-state index in [0.717, 1.165) is 63.9 Å². The molecule has 0 aliphatic carbocycles. The minimum absolute atomic E-state index is 0.00475. The lowest BCUT2D eigenvalue weighted by Gasteiger charge is -2.41. The van der Waals surface area contributed by atoms with Gasteiger partial charge in [0, 0.05) is 44.5 Å². The van der Waals surface area contributed by atoms with Crippen molar-refractivity contribution in [1.82, 2.24) is 19.5 Å². The van der Waals surface area contributed by atoms with Crippen molar-refractivity contribution in [3.8, 4) is 6.07 Å². The lowest BCUT2D eigenvalue weighted by Crippen LogP contribution is -2.54. The van der Waals surface area contributed by atoms with Gasteiger partial charge in [-0.25, -0.2) is 13.4 Å². The van der Waals surface area contributed by atoms with Crippen molar-refractivity contribution in [2.75, 3.05) is 44.2 Å². The molecule has 3 fully saturated rings. The molecule has 1 N–H and O–H groups in total. The van der Waals surface area contributed by atoms with Crippen LogP contribution in [-0.4, -0.2) is 79.4 Å². The first kappa shape index (κ1) is 23.9. The van der Waals surface area contributed by atoms with Crippen LogP contribution in [0, 0.1) is 11.3 Å². The summed E-state index contributed by atoms with van der Waals surface area (Å²) in [6.07, 6.45) is 7.72. The van der Waals surface area contributed by atoms with Gasteiger partial charge in [-0.05, 0) is 57.6 Å². The SMILES string of the molecule is CC1(NCC(=O)N2CCC[C@H]2C#N)CCN(c2ccc(S(=O)(=O)N3CCCCC3)cn2)CC1. The Balaban J connectivity index is 1.30. The van der Waals surface area contributed by atoms with Crippen LogP contribution < -0.4 is 10.2 Å². The molecule has 0 unspecified atom stereocenters. The van der Waals surface area contributed by atoms with Crippen molar-refractivity contribution in [3.63, 3.8) is 0 Å². The van der Waals surface area contributed by atoms with E-state index in [1.807, 2.05) is 0 Å². The zero-order chi connectivity index (χ0) is 23.5. The van der Waals surface area contributed by atoms with Gasteiger partial charge in [0.25, 0.3) is 0 Å². The lowest BCUT2D eigenvalue weighted by molar-refractivity contribution is -0.130. The first-order valence-corrected chi connectivity index (χ1v) is 13.4. The molecule has 3 aliphatic rings. The monoisotopic (exact) mass is 474 g/mol. The molecule has 10 heteroatoms. The molecule has 0 aromatic carbocycles. The average Bonchev–Trinajstić information content (AvgIpc) is 3.33. The van der Waals surface area contributed by atoms with Gasteiger partial charge in [0.1, 0.15) is 16.8 Å². The van der Waals surface area contributed by atoms with Crippen LogP contribution in [0.5, 0.6) is 0 Å². The van der Waals surface area contributed by atoms with E-state index < -0.39 is 10.0 Å². The zero-order valence-corrected chi connectivity index (χ0v) is 20.2. The minimum atomic E-state index is -3.47. The van der Waals surface area contributed by atoms with Crippen molar-refractivity contribution in [2.45, 2.75) is 68.3 Å². The number of carbonyl (C=O) groups excluding carboxylic acids is 1. The van der Waals surface area contributed by atoms with Gasteiger partial charge in [-0.3, -0.25) is 4.79 Å². The molecule has 3 aliphatic heterocycles. The fourth-order valence-electron chi connectivity index (χ4n) is 4.96. The van der Waals surface area contributed by atoms with Crippen LogP contribution in [0.25, 0.3) is 0 Å². The van der Waals surface area contributed by atoms with Crippen molar-refractivity contribution >= 4 is 21.7 Å². The maximum absolute atomic E-state index is 12.8. The van der Waals surface area contributed by atoms with Crippen LogP contribution in [0.1, 0.15) is 51.9 Å². The molecule has 0 bridgehead atoms. The number of amides is 1. The van der Waals surface area contributed by atoms with Gasteiger partial charge in [-0.1, -0.05) is 6.42 Å². The summed E-state index contributed by atoms with van der Waals surface area (Å²) >= 11 is 0. The molecule has 1 aromatic heterocycles. The topological polar surface area (TPSA) is 110 Å². The van der Waals surface area contributed by atoms with Gasteiger partial charge in [0.15, 0.2) is 0 Å². The number of hydrogen-bond donors (Lipinski definition) is 1. The lowest BCUT2D eigenvalue weighted by atomic mass is 9.89. The first-order chi connectivity index (χ1) is 15.8. The van der Waals surface area contributed by atoms with E-state index in [9.17, 15) is 18.5 Å². The third-order valence-corrected chi connectivity index (χ3v) is 9.14. The normalized spacial score (nSPS) is 23.9. The van der Waals surface area contributed by atoms with E-state index in [1.54, 1.807) is 21.3 Å². The summed E-state index contributed by atoms with van der Waals surface area (Å²) in [5, 5.41) is 12.6. The summed E-state index contributed by atoms with van der Waals surface area (Å²) in [4.78, 5) is 21.1. The highest BCUT2D eigenvalue weighted by Gasteiger charge is 2.33. The molecule has 4 heterocycles.